The van der Waals surface area contributed by atoms with E-state index in [-0.39, 0.29) is 25.1 Å². The number of hydrogen-bond acceptors (Lipinski definition) is 2. The summed E-state index contributed by atoms with van der Waals surface area (Å²) in [7, 11) is 0. The number of hydrogen-bond donors (Lipinski definition) is 1. The lowest BCUT2D eigenvalue weighted by Crippen LogP contribution is -2.39. The highest BCUT2D eigenvalue weighted by Gasteiger charge is 2.20. The second-order valence-electron chi connectivity index (χ2n) is 2.04. The van der Waals surface area contributed by atoms with Crippen molar-refractivity contribution in [2.45, 2.75) is 18.6 Å². The predicted molar refractivity (Wildman–Crippen MR) is 35.6 cm³/mol. The van der Waals surface area contributed by atoms with Crippen LogP contribution in [0.1, 0.15) is 6.42 Å². The summed E-state index contributed by atoms with van der Waals surface area (Å²) in [4.78, 5) is 0. The molecule has 2 nitrogen and oxygen atoms in total. The first kappa shape index (κ1) is 9.14. The smallest absolute Gasteiger partial charge is 0.138 e. The molecule has 1 aliphatic heterocycles. The number of nitrogens with two attached hydrogens (primary N) is 1. The van der Waals surface area contributed by atoms with Crippen molar-refractivity contribution in [2.24, 2.45) is 5.73 Å². The second kappa shape index (κ2) is 4.04. The molecule has 0 aromatic rings. The van der Waals surface area contributed by atoms with E-state index >= 15 is 0 Å². The Morgan fingerprint density at radius 2 is 2.22 bits per heavy atom. The minimum atomic E-state index is -0.941. The van der Waals surface area contributed by atoms with Gasteiger partial charge >= 0.3 is 0 Å². The molecule has 1 rings (SSSR count). The molecule has 1 unspecified atom stereocenters. The van der Waals surface area contributed by atoms with E-state index in [2.05, 4.69) is 0 Å². The van der Waals surface area contributed by atoms with Crippen LogP contribution in [0.2, 0.25) is 0 Å². The molecule has 1 heterocycles. The Bertz CT molecular complexity index is 73.4. The molecule has 0 saturated carbocycles. The summed E-state index contributed by atoms with van der Waals surface area (Å²) in [5, 5.41) is 0. The first-order valence-electron chi connectivity index (χ1n) is 2.78. The van der Waals surface area contributed by atoms with Gasteiger partial charge in [0.2, 0.25) is 0 Å². The lowest BCUT2D eigenvalue weighted by Gasteiger charge is -2.21. The Morgan fingerprint density at radius 1 is 1.56 bits per heavy atom. The molecule has 0 radical (unpaired) electrons. The van der Waals surface area contributed by atoms with Gasteiger partial charge in [0.15, 0.2) is 0 Å². The van der Waals surface area contributed by atoms with Crippen LogP contribution < -0.4 is 5.73 Å². The van der Waals surface area contributed by atoms with Crippen LogP contribution >= 0.6 is 12.4 Å². The standard InChI is InChI=1S/C5H10FNO.ClH/c6-4-3-8-2-1-5(4)7;/h4-5H,1-3,7H2;1H/t4-,5?;/m1./s1. The molecule has 2 atom stereocenters. The highest BCUT2D eigenvalue weighted by Crippen LogP contribution is 2.07. The molecule has 1 saturated heterocycles. The third-order valence-electron chi connectivity index (χ3n) is 1.34. The summed E-state index contributed by atoms with van der Waals surface area (Å²) >= 11 is 0. The van der Waals surface area contributed by atoms with E-state index in [9.17, 15) is 4.39 Å². The van der Waals surface area contributed by atoms with Gasteiger partial charge in [0, 0.05) is 12.6 Å². The Kier molecular flexibility index (Phi) is 4.10. The summed E-state index contributed by atoms with van der Waals surface area (Å²) in [5.41, 5.74) is 5.32. The molecule has 0 amide bonds. The maximum atomic E-state index is 12.3. The zero-order valence-electron chi connectivity index (χ0n) is 5.05. The van der Waals surface area contributed by atoms with Gasteiger partial charge in [-0.05, 0) is 6.42 Å². The first-order valence-corrected chi connectivity index (χ1v) is 2.78. The maximum absolute atomic E-state index is 12.3. The van der Waals surface area contributed by atoms with Gasteiger partial charge in [0.25, 0.3) is 0 Å². The monoisotopic (exact) mass is 155 g/mol. The molecule has 56 valence electrons. The Morgan fingerprint density at radius 3 is 2.56 bits per heavy atom. The average molecular weight is 156 g/mol. The van der Waals surface area contributed by atoms with Gasteiger partial charge in [-0.3, -0.25) is 0 Å². The molecule has 0 aliphatic carbocycles. The van der Waals surface area contributed by atoms with Crippen LogP contribution in [0, 0.1) is 0 Å². The summed E-state index contributed by atoms with van der Waals surface area (Å²) in [5.74, 6) is 0. The van der Waals surface area contributed by atoms with Crippen molar-refractivity contribution in [1.29, 1.82) is 0 Å². The van der Waals surface area contributed by atoms with E-state index in [0.717, 1.165) is 0 Å². The molecule has 0 bridgehead atoms. The van der Waals surface area contributed by atoms with Crippen LogP contribution in [0.3, 0.4) is 0 Å². The predicted octanol–water partition coefficient (Wildman–Crippen LogP) is 0.494. The van der Waals surface area contributed by atoms with Crippen LogP contribution in [0.25, 0.3) is 0 Å². The Balaban J connectivity index is 0.000000640. The van der Waals surface area contributed by atoms with Crippen molar-refractivity contribution in [3.8, 4) is 0 Å². The van der Waals surface area contributed by atoms with E-state index in [1.807, 2.05) is 0 Å². The lowest BCUT2D eigenvalue weighted by molar-refractivity contribution is 0.0238. The quantitative estimate of drug-likeness (QED) is 0.553. The lowest BCUT2D eigenvalue weighted by atomic mass is 10.1. The zero-order valence-corrected chi connectivity index (χ0v) is 5.86. The summed E-state index contributed by atoms with van der Waals surface area (Å²) < 4.78 is 17.1. The third-order valence-corrected chi connectivity index (χ3v) is 1.34. The highest BCUT2D eigenvalue weighted by atomic mass is 35.5. The van der Waals surface area contributed by atoms with Crippen molar-refractivity contribution in [3.63, 3.8) is 0 Å². The average Bonchev–Trinajstić information content (AvgIpc) is 1.77. The van der Waals surface area contributed by atoms with Gasteiger partial charge in [0.05, 0.1) is 6.61 Å². The van der Waals surface area contributed by atoms with Crippen molar-refractivity contribution < 1.29 is 9.13 Å². The minimum absolute atomic E-state index is 0. The fraction of sp³-hybridized carbons (Fsp3) is 1.00. The van der Waals surface area contributed by atoms with Gasteiger partial charge in [-0.25, -0.2) is 4.39 Å². The topological polar surface area (TPSA) is 35.2 Å². The number of alkyl halides is 1. The van der Waals surface area contributed by atoms with Crippen molar-refractivity contribution in [1.82, 2.24) is 0 Å². The molecule has 2 N–H and O–H groups in total. The Hall–Kier alpha value is 0.140. The number of halogens is 2. The fourth-order valence-corrected chi connectivity index (χ4v) is 0.720. The first-order chi connectivity index (χ1) is 3.80. The van der Waals surface area contributed by atoms with E-state index in [4.69, 9.17) is 10.5 Å². The van der Waals surface area contributed by atoms with E-state index in [0.29, 0.717) is 13.0 Å². The van der Waals surface area contributed by atoms with Gasteiger partial charge in [-0.2, -0.15) is 0 Å². The normalized spacial score (nSPS) is 35.3. The third kappa shape index (κ3) is 2.47. The van der Waals surface area contributed by atoms with E-state index in [1.165, 1.54) is 0 Å². The summed E-state index contributed by atoms with van der Waals surface area (Å²) in [6.07, 6.45) is -0.287. The molecule has 0 aromatic heterocycles. The van der Waals surface area contributed by atoms with Gasteiger partial charge < -0.3 is 10.5 Å². The minimum Gasteiger partial charge on any atom is -0.378 e. The largest absolute Gasteiger partial charge is 0.378 e. The summed E-state index contributed by atoms with van der Waals surface area (Å²) in [6, 6.07) is -0.288. The van der Waals surface area contributed by atoms with E-state index < -0.39 is 6.17 Å². The van der Waals surface area contributed by atoms with Crippen LogP contribution in [0.4, 0.5) is 4.39 Å². The molecule has 0 aromatic carbocycles. The van der Waals surface area contributed by atoms with Gasteiger partial charge in [-0.15, -0.1) is 12.4 Å². The maximum Gasteiger partial charge on any atom is 0.138 e. The van der Waals surface area contributed by atoms with Gasteiger partial charge in [-0.1, -0.05) is 0 Å². The number of rotatable bonds is 0. The SMILES string of the molecule is Cl.NC1CCOC[C@H]1F. The molecular weight excluding hydrogens is 145 g/mol. The van der Waals surface area contributed by atoms with Crippen molar-refractivity contribution in [2.75, 3.05) is 13.2 Å². The number of ether oxygens (including phenoxy) is 1. The van der Waals surface area contributed by atoms with Crippen LogP contribution in [0.15, 0.2) is 0 Å². The highest BCUT2D eigenvalue weighted by molar-refractivity contribution is 5.85. The molecule has 9 heavy (non-hydrogen) atoms. The molecular formula is C5H11ClFNO. The second-order valence-corrected chi connectivity index (χ2v) is 2.04. The van der Waals surface area contributed by atoms with Crippen LogP contribution in [-0.4, -0.2) is 25.4 Å². The fourth-order valence-electron chi connectivity index (χ4n) is 0.720. The Labute approximate surface area is 60.0 Å². The van der Waals surface area contributed by atoms with Crippen LogP contribution in [-0.2, 0) is 4.74 Å². The van der Waals surface area contributed by atoms with Crippen molar-refractivity contribution >= 4 is 12.4 Å². The molecule has 1 fully saturated rings. The zero-order chi connectivity index (χ0) is 5.98. The summed E-state index contributed by atoms with van der Waals surface area (Å²) in [6.45, 7) is 0.794. The van der Waals surface area contributed by atoms with Gasteiger partial charge in [0.1, 0.15) is 6.17 Å². The van der Waals surface area contributed by atoms with E-state index in [1.54, 1.807) is 0 Å². The molecule has 1 aliphatic rings. The van der Waals surface area contributed by atoms with Crippen LogP contribution in [0.5, 0.6) is 0 Å². The molecule has 0 spiro atoms. The van der Waals surface area contributed by atoms with Crippen molar-refractivity contribution in [3.05, 3.63) is 0 Å². The molecule has 4 heteroatoms.